The smallest absolute Gasteiger partial charge is 0.00567 e. The van der Waals surface area contributed by atoms with Crippen molar-refractivity contribution in [3.05, 3.63) is 35.5 Å². The molecule has 0 radical (unpaired) electrons. The van der Waals surface area contributed by atoms with Crippen molar-refractivity contribution in [2.45, 2.75) is 53.4 Å². The van der Waals surface area contributed by atoms with Crippen LogP contribution in [0.1, 0.15) is 53.4 Å². The zero-order valence-electron chi connectivity index (χ0n) is 12.9. The van der Waals surface area contributed by atoms with Crippen molar-refractivity contribution in [2.75, 3.05) is 0 Å². The molecule has 0 aromatic carbocycles. The molecule has 0 aromatic heterocycles. The zero-order chi connectivity index (χ0) is 13.6. The lowest BCUT2D eigenvalue weighted by Gasteiger charge is -2.52. The minimum absolute atomic E-state index is 0.409. The standard InChI is InChI=1S/C19H28/c1-13-14-9-5-7-11-16(14)18(19(2,3)4)17-12-8-6-10-15(13)17/h5,7,9,11,15-18H,6,8,10,12H2,1-4H3. The van der Waals surface area contributed by atoms with E-state index in [0.717, 1.165) is 17.8 Å². The lowest BCUT2D eigenvalue weighted by atomic mass is 9.53. The van der Waals surface area contributed by atoms with E-state index >= 15 is 0 Å². The monoisotopic (exact) mass is 256 g/mol. The van der Waals surface area contributed by atoms with Gasteiger partial charge in [0.05, 0.1) is 0 Å². The molecule has 19 heavy (non-hydrogen) atoms. The molecular formula is C19H28. The lowest BCUT2D eigenvalue weighted by molar-refractivity contribution is 0.0547. The highest BCUT2D eigenvalue weighted by molar-refractivity contribution is 5.41. The molecule has 0 aliphatic heterocycles. The molecule has 0 heterocycles. The van der Waals surface area contributed by atoms with Crippen molar-refractivity contribution in [3.8, 4) is 0 Å². The van der Waals surface area contributed by atoms with E-state index in [2.05, 4.69) is 52.0 Å². The summed E-state index contributed by atoms with van der Waals surface area (Å²) in [6.45, 7) is 9.77. The van der Waals surface area contributed by atoms with Crippen LogP contribution in [-0.4, -0.2) is 0 Å². The Balaban J connectivity index is 2.09. The van der Waals surface area contributed by atoms with Gasteiger partial charge in [-0.2, -0.15) is 0 Å². The van der Waals surface area contributed by atoms with Gasteiger partial charge in [0.2, 0.25) is 0 Å². The van der Waals surface area contributed by atoms with Gasteiger partial charge in [0.15, 0.2) is 0 Å². The van der Waals surface area contributed by atoms with Gasteiger partial charge < -0.3 is 0 Å². The molecule has 3 aliphatic carbocycles. The van der Waals surface area contributed by atoms with Crippen molar-refractivity contribution in [1.82, 2.24) is 0 Å². The van der Waals surface area contributed by atoms with Crippen LogP contribution in [-0.2, 0) is 0 Å². The van der Waals surface area contributed by atoms with Crippen LogP contribution in [0.3, 0.4) is 0 Å². The van der Waals surface area contributed by atoms with Gasteiger partial charge >= 0.3 is 0 Å². The predicted molar refractivity (Wildman–Crippen MR) is 82.9 cm³/mol. The second-order valence-corrected chi connectivity index (χ2v) is 7.85. The van der Waals surface area contributed by atoms with Crippen molar-refractivity contribution in [3.63, 3.8) is 0 Å². The largest absolute Gasteiger partial charge is 0.0767 e. The Morgan fingerprint density at radius 2 is 1.79 bits per heavy atom. The Morgan fingerprint density at radius 3 is 2.53 bits per heavy atom. The Morgan fingerprint density at radius 1 is 1.05 bits per heavy atom. The lowest BCUT2D eigenvalue weighted by Crippen LogP contribution is -2.43. The van der Waals surface area contributed by atoms with Crippen molar-refractivity contribution in [2.24, 2.45) is 29.1 Å². The Bertz CT molecular complexity index is 441. The second-order valence-electron chi connectivity index (χ2n) is 7.85. The van der Waals surface area contributed by atoms with E-state index in [1.54, 1.807) is 11.1 Å². The first-order valence-electron chi connectivity index (χ1n) is 8.05. The second kappa shape index (κ2) is 4.65. The first-order valence-corrected chi connectivity index (χ1v) is 8.05. The summed E-state index contributed by atoms with van der Waals surface area (Å²) in [6, 6.07) is 0. The van der Waals surface area contributed by atoms with E-state index in [9.17, 15) is 0 Å². The highest BCUT2D eigenvalue weighted by Crippen LogP contribution is 2.55. The molecule has 0 aromatic rings. The molecule has 0 N–H and O–H groups in total. The van der Waals surface area contributed by atoms with Crippen LogP contribution in [0.4, 0.5) is 0 Å². The van der Waals surface area contributed by atoms with Crippen molar-refractivity contribution in [1.29, 1.82) is 0 Å². The molecular weight excluding hydrogens is 228 g/mol. The van der Waals surface area contributed by atoms with Gasteiger partial charge in [-0.1, -0.05) is 63.5 Å². The van der Waals surface area contributed by atoms with Crippen LogP contribution in [0.2, 0.25) is 0 Å². The van der Waals surface area contributed by atoms with Crippen LogP contribution >= 0.6 is 0 Å². The molecule has 1 saturated carbocycles. The van der Waals surface area contributed by atoms with Crippen molar-refractivity contribution >= 4 is 0 Å². The summed E-state index contributed by atoms with van der Waals surface area (Å²) in [5.74, 6) is 3.26. The van der Waals surface area contributed by atoms with Crippen LogP contribution in [0.5, 0.6) is 0 Å². The van der Waals surface area contributed by atoms with Gasteiger partial charge in [0.1, 0.15) is 0 Å². The number of rotatable bonds is 0. The molecule has 0 amide bonds. The topological polar surface area (TPSA) is 0 Å². The zero-order valence-corrected chi connectivity index (χ0v) is 12.9. The van der Waals surface area contributed by atoms with E-state index in [0.29, 0.717) is 11.3 Å². The van der Waals surface area contributed by atoms with E-state index in [1.807, 2.05) is 0 Å². The maximum Gasteiger partial charge on any atom is 0.00567 e. The molecule has 0 spiro atoms. The maximum absolute atomic E-state index is 2.47. The summed E-state index contributed by atoms with van der Waals surface area (Å²) >= 11 is 0. The minimum Gasteiger partial charge on any atom is -0.0767 e. The first-order chi connectivity index (χ1) is 9.00. The molecule has 4 atom stereocenters. The summed E-state index contributed by atoms with van der Waals surface area (Å²) in [5.41, 5.74) is 3.76. The highest BCUT2D eigenvalue weighted by atomic mass is 14.5. The van der Waals surface area contributed by atoms with Crippen LogP contribution in [0, 0.1) is 29.1 Å². The predicted octanol–water partition coefficient (Wildman–Crippen LogP) is 5.53. The fraction of sp³-hybridized carbons (Fsp3) is 0.684. The van der Waals surface area contributed by atoms with E-state index in [4.69, 9.17) is 0 Å². The summed E-state index contributed by atoms with van der Waals surface area (Å²) in [7, 11) is 0. The van der Waals surface area contributed by atoms with E-state index in [-0.39, 0.29) is 0 Å². The molecule has 4 unspecified atom stereocenters. The van der Waals surface area contributed by atoms with Crippen molar-refractivity contribution < 1.29 is 0 Å². The van der Waals surface area contributed by atoms with Crippen LogP contribution in [0.25, 0.3) is 0 Å². The van der Waals surface area contributed by atoms with Gasteiger partial charge in [-0.25, -0.2) is 0 Å². The summed E-state index contributed by atoms with van der Waals surface area (Å²) < 4.78 is 0. The molecule has 104 valence electrons. The Hall–Kier alpha value is -0.780. The van der Waals surface area contributed by atoms with Gasteiger partial charge in [0.25, 0.3) is 0 Å². The molecule has 0 nitrogen and oxygen atoms in total. The summed E-state index contributed by atoms with van der Waals surface area (Å²) in [4.78, 5) is 0. The minimum atomic E-state index is 0.409. The van der Waals surface area contributed by atoms with E-state index < -0.39 is 0 Å². The average molecular weight is 256 g/mol. The SMILES string of the molecule is CC1=C2C=CC=CC2C(C(C)(C)C)C2CCCCC12. The van der Waals surface area contributed by atoms with Crippen LogP contribution < -0.4 is 0 Å². The van der Waals surface area contributed by atoms with Gasteiger partial charge in [0, 0.05) is 5.92 Å². The molecule has 3 rings (SSSR count). The molecule has 1 fully saturated rings. The molecule has 0 bridgehead atoms. The number of fused-ring (bicyclic) bond motifs is 2. The molecule has 0 saturated heterocycles. The van der Waals surface area contributed by atoms with Gasteiger partial charge in [-0.15, -0.1) is 0 Å². The summed E-state index contributed by atoms with van der Waals surface area (Å²) in [6.07, 6.45) is 15.1. The summed E-state index contributed by atoms with van der Waals surface area (Å²) in [5, 5.41) is 0. The van der Waals surface area contributed by atoms with Gasteiger partial charge in [-0.3, -0.25) is 0 Å². The maximum atomic E-state index is 2.47. The number of allylic oxidation sites excluding steroid dienone is 6. The van der Waals surface area contributed by atoms with Crippen LogP contribution in [0.15, 0.2) is 35.5 Å². The molecule has 0 heteroatoms. The average Bonchev–Trinajstić information content (AvgIpc) is 2.38. The first kappa shape index (κ1) is 13.2. The third-order valence-corrected chi connectivity index (χ3v) is 5.74. The van der Waals surface area contributed by atoms with Gasteiger partial charge in [-0.05, 0) is 48.5 Å². The molecule has 3 aliphatic rings. The quantitative estimate of drug-likeness (QED) is 0.535. The third kappa shape index (κ3) is 2.14. The fourth-order valence-corrected chi connectivity index (χ4v) is 5.05. The highest BCUT2D eigenvalue weighted by Gasteiger charge is 2.46. The normalized spacial score (nSPS) is 38.1. The fourth-order valence-electron chi connectivity index (χ4n) is 5.05. The van der Waals surface area contributed by atoms with E-state index in [1.165, 1.54) is 25.7 Å². The number of hydrogen-bond donors (Lipinski definition) is 0. The third-order valence-electron chi connectivity index (χ3n) is 5.74. The Labute approximate surface area is 118 Å². The number of hydrogen-bond acceptors (Lipinski definition) is 0. The Kier molecular flexibility index (Phi) is 3.23.